The maximum absolute atomic E-state index is 13.9. The minimum absolute atomic E-state index is 0.0600. The van der Waals surface area contributed by atoms with E-state index in [2.05, 4.69) is 5.32 Å². The van der Waals surface area contributed by atoms with Gasteiger partial charge in [-0.3, -0.25) is 13.9 Å². The van der Waals surface area contributed by atoms with Crippen LogP contribution in [-0.2, 0) is 26.0 Å². The van der Waals surface area contributed by atoms with E-state index >= 15 is 0 Å². The van der Waals surface area contributed by atoms with Gasteiger partial charge >= 0.3 is 0 Å². The highest BCUT2D eigenvalue weighted by Crippen LogP contribution is 2.31. The molecule has 0 saturated carbocycles. The largest absolute Gasteiger partial charge is 0.354 e. The predicted molar refractivity (Wildman–Crippen MR) is 157 cm³/mol. The van der Waals surface area contributed by atoms with Gasteiger partial charge in [-0.15, -0.1) is 0 Å². The Hall–Kier alpha value is -3.36. The van der Waals surface area contributed by atoms with Crippen LogP contribution in [0.2, 0.25) is 5.02 Å². The lowest BCUT2D eigenvalue weighted by molar-refractivity contribution is -0.138. The molecule has 3 aromatic rings. The average molecular weight is 570 g/mol. The molecule has 0 saturated heterocycles. The Labute approximate surface area is 236 Å². The van der Waals surface area contributed by atoms with Crippen molar-refractivity contribution in [2.24, 2.45) is 0 Å². The van der Waals surface area contributed by atoms with Crippen LogP contribution >= 0.6 is 11.6 Å². The van der Waals surface area contributed by atoms with E-state index in [1.165, 1.54) is 17.0 Å². The van der Waals surface area contributed by atoms with Crippen LogP contribution in [-0.4, -0.2) is 50.8 Å². The van der Waals surface area contributed by atoms with Gasteiger partial charge in [0.25, 0.3) is 10.0 Å². The van der Waals surface area contributed by atoms with Crippen molar-refractivity contribution in [1.29, 1.82) is 0 Å². The molecule has 2 amide bonds. The molecule has 3 rings (SSSR count). The van der Waals surface area contributed by atoms with Crippen molar-refractivity contribution in [2.75, 3.05) is 23.9 Å². The molecule has 3 aromatic carbocycles. The number of sulfonamides is 1. The summed E-state index contributed by atoms with van der Waals surface area (Å²) >= 11 is 6.36. The first kappa shape index (κ1) is 30.2. The minimum atomic E-state index is -4.14. The quantitative estimate of drug-likeness (QED) is 0.327. The van der Waals surface area contributed by atoms with Gasteiger partial charge in [-0.05, 0) is 69.0 Å². The van der Waals surface area contributed by atoms with Crippen molar-refractivity contribution >= 4 is 39.1 Å². The highest BCUT2D eigenvalue weighted by atomic mass is 35.5. The summed E-state index contributed by atoms with van der Waals surface area (Å²) in [6.45, 7) is 7.44. The Morgan fingerprint density at radius 1 is 0.949 bits per heavy atom. The van der Waals surface area contributed by atoms with Gasteiger partial charge in [-0.1, -0.05) is 72.6 Å². The lowest BCUT2D eigenvalue weighted by atomic mass is 10.1. The second kappa shape index (κ2) is 13.6. The number of nitrogens with one attached hydrogen (secondary N) is 1. The summed E-state index contributed by atoms with van der Waals surface area (Å²) in [6, 6.07) is 20.3. The summed E-state index contributed by atoms with van der Waals surface area (Å²) in [5, 5.41) is 3.23. The maximum Gasteiger partial charge on any atom is 0.264 e. The Morgan fingerprint density at radius 2 is 1.62 bits per heavy atom. The fourth-order valence-electron chi connectivity index (χ4n) is 4.18. The molecule has 0 bridgehead atoms. The number of aryl methyl sites for hydroxylation is 1. The normalized spacial score (nSPS) is 12.0. The summed E-state index contributed by atoms with van der Waals surface area (Å²) in [5.41, 5.74) is 2.76. The smallest absolute Gasteiger partial charge is 0.264 e. The van der Waals surface area contributed by atoms with E-state index in [-0.39, 0.29) is 17.3 Å². The van der Waals surface area contributed by atoms with Gasteiger partial charge in [-0.25, -0.2) is 8.42 Å². The van der Waals surface area contributed by atoms with Gasteiger partial charge in [0.1, 0.15) is 12.6 Å². The summed E-state index contributed by atoms with van der Waals surface area (Å²) in [6.07, 6.45) is 1.27. The third-order valence-electron chi connectivity index (χ3n) is 6.60. The van der Waals surface area contributed by atoms with E-state index in [0.29, 0.717) is 29.2 Å². The molecule has 39 heavy (non-hydrogen) atoms. The van der Waals surface area contributed by atoms with E-state index in [9.17, 15) is 18.0 Å². The molecule has 0 fully saturated rings. The third kappa shape index (κ3) is 7.61. The fourth-order valence-corrected chi connectivity index (χ4v) is 5.82. The lowest BCUT2D eigenvalue weighted by Crippen LogP contribution is -2.52. The van der Waals surface area contributed by atoms with Gasteiger partial charge in [0.15, 0.2) is 0 Å². The number of halogens is 1. The maximum atomic E-state index is 13.9. The standard InChI is InChI=1S/C30H36ClN3O4S/c1-5-19-32-30(36)24(4)33(20-18-25-10-7-6-8-11-25)29(35)21-34(28-13-9-12-27(31)23(28)3)39(37,38)26-16-14-22(2)15-17-26/h6-17,24H,5,18-21H2,1-4H3,(H,32,36)/t24-/m0/s1. The summed E-state index contributed by atoms with van der Waals surface area (Å²) in [4.78, 5) is 28.3. The molecule has 0 aliphatic carbocycles. The zero-order valence-corrected chi connectivity index (χ0v) is 24.4. The molecule has 208 valence electrons. The molecule has 0 aliphatic heterocycles. The van der Waals surface area contributed by atoms with Crippen molar-refractivity contribution in [3.63, 3.8) is 0 Å². The van der Waals surface area contributed by atoms with Crippen LogP contribution in [0.25, 0.3) is 0 Å². The molecule has 0 unspecified atom stereocenters. The molecule has 7 nitrogen and oxygen atoms in total. The number of nitrogens with zero attached hydrogens (tertiary/aromatic N) is 2. The van der Waals surface area contributed by atoms with E-state index in [1.54, 1.807) is 44.2 Å². The number of carbonyl (C=O) groups is 2. The topological polar surface area (TPSA) is 86.8 Å². The Balaban J connectivity index is 2.01. The van der Waals surface area contributed by atoms with Crippen LogP contribution in [0, 0.1) is 13.8 Å². The zero-order chi connectivity index (χ0) is 28.6. The van der Waals surface area contributed by atoms with Gasteiger partial charge in [0.2, 0.25) is 11.8 Å². The van der Waals surface area contributed by atoms with Crippen molar-refractivity contribution in [1.82, 2.24) is 10.2 Å². The van der Waals surface area contributed by atoms with Crippen LogP contribution in [0.5, 0.6) is 0 Å². The Morgan fingerprint density at radius 3 is 2.26 bits per heavy atom. The molecule has 0 spiro atoms. The van der Waals surface area contributed by atoms with E-state index < -0.39 is 28.5 Å². The van der Waals surface area contributed by atoms with Gasteiger partial charge in [0.05, 0.1) is 10.6 Å². The molecule has 0 aromatic heterocycles. The molecule has 1 N–H and O–H groups in total. The summed E-state index contributed by atoms with van der Waals surface area (Å²) in [7, 11) is -4.14. The summed E-state index contributed by atoms with van der Waals surface area (Å²) < 4.78 is 28.9. The van der Waals surface area contributed by atoms with E-state index in [4.69, 9.17) is 11.6 Å². The Kier molecular flexibility index (Phi) is 10.5. The predicted octanol–water partition coefficient (Wildman–Crippen LogP) is 5.14. The van der Waals surface area contributed by atoms with E-state index in [1.807, 2.05) is 44.2 Å². The minimum Gasteiger partial charge on any atom is -0.354 e. The third-order valence-corrected chi connectivity index (χ3v) is 8.78. The van der Waals surface area contributed by atoms with Crippen LogP contribution in [0.3, 0.4) is 0 Å². The van der Waals surface area contributed by atoms with Crippen molar-refractivity contribution in [2.45, 2.75) is 51.5 Å². The second-order valence-corrected chi connectivity index (χ2v) is 11.8. The van der Waals surface area contributed by atoms with Crippen molar-refractivity contribution in [3.8, 4) is 0 Å². The first-order valence-corrected chi connectivity index (χ1v) is 14.8. The molecular weight excluding hydrogens is 534 g/mol. The Bertz CT molecular complexity index is 1380. The summed E-state index contributed by atoms with van der Waals surface area (Å²) in [5.74, 6) is -0.773. The highest BCUT2D eigenvalue weighted by molar-refractivity contribution is 7.92. The monoisotopic (exact) mass is 569 g/mol. The number of hydrogen-bond donors (Lipinski definition) is 1. The molecule has 0 aliphatic rings. The van der Waals surface area contributed by atoms with Gasteiger partial charge < -0.3 is 10.2 Å². The fraction of sp³-hybridized carbons (Fsp3) is 0.333. The SMILES string of the molecule is CCCNC(=O)[C@H](C)N(CCc1ccccc1)C(=O)CN(c1cccc(Cl)c1C)S(=O)(=O)c1ccc(C)cc1. The molecule has 0 heterocycles. The number of rotatable bonds is 12. The van der Waals surface area contributed by atoms with Crippen LogP contribution in [0.4, 0.5) is 5.69 Å². The van der Waals surface area contributed by atoms with E-state index in [0.717, 1.165) is 21.9 Å². The number of carbonyl (C=O) groups excluding carboxylic acids is 2. The van der Waals surface area contributed by atoms with Crippen molar-refractivity contribution in [3.05, 3.63) is 94.5 Å². The first-order chi connectivity index (χ1) is 18.6. The number of hydrogen-bond acceptors (Lipinski definition) is 4. The van der Waals surface area contributed by atoms with Crippen LogP contribution < -0.4 is 9.62 Å². The molecule has 9 heteroatoms. The molecule has 1 atom stereocenters. The number of amides is 2. The molecule has 0 radical (unpaired) electrons. The molecular formula is C30H36ClN3O4S. The zero-order valence-electron chi connectivity index (χ0n) is 22.9. The van der Waals surface area contributed by atoms with Crippen molar-refractivity contribution < 1.29 is 18.0 Å². The van der Waals surface area contributed by atoms with Crippen LogP contribution in [0.1, 0.15) is 37.0 Å². The van der Waals surface area contributed by atoms with Gasteiger partial charge in [0, 0.05) is 18.1 Å². The van der Waals surface area contributed by atoms with Crippen LogP contribution in [0.15, 0.2) is 77.7 Å². The highest BCUT2D eigenvalue weighted by Gasteiger charge is 2.33. The number of benzene rings is 3. The average Bonchev–Trinajstić information content (AvgIpc) is 2.92. The van der Waals surface area contributed by atoms with Gasteiger partial charge in [-0.2, -0.15) is 0 Å². The first-order valence-electron chi connectivity index (χ1n) is 13.0. The second-order valence-electron chi connectivity index (χ2n) is 9.50. The number of anilines is 1. The lowest BCUT2D eigenvalue weighted by Gasteiger charge is -2.32.